The van der Waals surface area contributed by atoms with Crippen molar-refractivity contribution in [3.8, 4) is 11.3 Å². The summed E-state index contributed by atoms with van der Waals surface area (Å²) in [5, 5.41) is 0. The van der Waals surface area contributed by atoms with Gasteiger partial charge in [0.25, 0.3) is 0 Å². The zero-order valence-corrected chi connectivity index (χ0v) is 11.2. The molecule has 0 amide bonds. The maximum Gasteiger partial charge on any atom is 0.123 e. The molecule has 98 valence electrons. The van der Waals surface area contributed by atoms with Crippen molar-refractivity contribution < 1.29 is 0 Å². The highest BCUT2D eigenvalue weighted by atomic mass is 15.1. The van der Waals surface area contributed by atoms with Crippen LogP contribution < -0.4 is 5.73 Å². The molecule has 4 rings (SSSR count). The highest BCUT2D eigenvalue weighted by molar-refractivity contribution is 5.65. The monoisotopic (exact) mass is 253 g/mol. The maximum atomic E-state index is 5.82. The summed E-state index contributed by atoms with van der Waals surface area (Å²) >= 11 is 0. The topological polar surface area (TPSA) is 43.8 Å². The predicted molar refractivity (Wildman–Crippen MR) is 75.9 cm³/mol. The van der Waals surface area contributed by atoms with E-state index in [9.17, 15) is 0 Å². The number of imidazole rings is 1. The molecule has 2 aliphatic rings. The van der Waals surface area contributed by atoms with E-state index in [0.717, 1.165) is 18.8 Å². The fraction of sp³-hybridized carbons (Fsp3) is 0.438. The molecule has 3 nitrogen and oxygen atoms in total. The van der Waals surface area contributed by atoms with E-state index >= 15 is 0 Å². The van der Waals surface area contributed by atoms with Gasteiger partial charge >= 0.3 is 0 Å². The number of aromatic nitrogens is 2. The summed E-state index contributed by atoms with van der Waals surface area (Å²) in [4.78, 5) is 4.78. The van der Waals surface area contributed by atoms with Crippen LogP contribution in [0, 0.1) is 0 Å². The van der Waals surface area contributed by atoms with Crippen LogP contribution in [0.1, 0.15) is 35.5 Å². The Morgan fingerprint density at radius 2 is 2.00 bits per heavy atom. The molecule has 1 aromatic heterocycles. The number of rotatable bonds is 2. The van der Waals surface area contributed by atoms with Gasteiger partial charge in [-0.1, -0.05) is 12.1 Å². The van der Waals surface area contributed by atoms with E-state index in [-0.39, 0.29) is 0 Å². The quantitative estimate of drug-likeness (QED) is 0.893. The van der Waals surface area contributed by atoms with E-state index in [1.54, 1.807) is 0 Å². The zero-order chi connectivity index (χ0) is 12.8. The van der Waals surface area contributed by atoms with Crippen LogP contribution in [-0.2, 0) is 32.4 Å². The summed E-state index contributed by atoms with van der Waals surface area (Å²) in [6.45, 7) is 1.62. The molecule has 3 heteroatoms. The molecule has 2 N–H and O–H groups in total. The third-order valence-corrected chi connectivity index (χ3v) is 4.50. The van der Waals surface area contributed by atoms with Gasteiger partial charge in [0.15, 0.2) is 0 Å². The average Bonchev–Trinajstić information content (AvgIpc) is 3.13. The fourth-order valence-corrected chi connectivity index (χ4v) is 3.57. The lowest BCUT2D eigenvalue weighted by Gasteiger charge is -2.04. The molecule has 0 unspecified atom stereocenters. The van der Waals surface area contributed by atoms with Gasteiger partial charge in [-0.25, -0.2) is 4.98 Å². The Hall–Kier alpha value is -1.61. The number of nitrogens with two attached hydrogens (primary N) is 1. The zero-order valence-electron chi connectivity index (χ0n) is 11.2. The summed E-state index contributed by atoms with van der Waals surface area (Å²) in [5.74, 6) is 1.04. The minimum atomic E-state index is 0.540. The van der Waals surface area contributed by atoms with Crippen molar-refractivity contribution >= 4 is 0 Å². The third-order valence-electron chi connectivity index (χ3n) is 4.50. The number of hydrogen-bond acceptors (Lipinski definition) is 2. The van der Waals surface area contributed by atoms with Gasteiger partial charge in [-0.15, -0.1) is 0 Å². The molecule has 1 aliphatic carbocycles. The van der Waals surface area contributed by atoms with E-state index in [2.05, 4.69) is 22.8 Å². The van der Waals surface area contributed by atoms with Crippen molar-refractivity contribution in [2.24, 2.45) is 5.73 Å². The first-order chi connectivity index (χ1) is 9.36. The number of aryl methyl sites for hydroxylation is 2. The Bertz CT molecular complexity index is 640. The normalized spacial score (nSPS) is 16.7. The number of hydrogen-bond donors (Lipinski definition) is 1. The van der Waals surface area contributed by atoms with E-state index in [1.807, 2.05) is 0 Å². The molecular formula is C16H19N3. The van der Waals surface area contributed by atoms with Crippen LogP contribution in [0.15, 0.2) is 18.2 Å². The number of benzene rings is 1. The average molecular weight is 253 g/mol. The van der Waals surface area contributed by atoms with Gasteiger partial charge in [-0.2, -0.15) is 0 Å². The lowest BCUT2D eigenvalue weighted by Crippen LogP contribution is -2.06. The standard InChI is InChI=1S/C16H19N3/c17-10-15-18-16(14-5-2-8-19(14)15)13-7-6-11-3-1-4-12(11)9-13/h6-7,9H,1-5,8,10,17H2. The van der Waals surface area contributed by atoms with Crippen molar-refractivity contribution in [2.75, 3.05) is 0 Å². The molecule has 2 aromatic rings. The van der Waals surface area contributed by atoms with Crippen LogP contribution in [-0.4, -0.2) is 9.55 Å². The lowest BCUT2D eigenvalue weighted by molar-refractivity contribution is 0.689. The van der Waals surface area contributed by atoms with E-state index in [0.29, 0.717) is 6.54 Å². The molecule has 2 heterocycles. The number of fused-ring (bicyclic) bond motifs is 2. The highest BCUT2D eigenvalue weighted by Crippen LogP contribution is 2.32. The van der Waals surface area contributed by atoms with Crippen molar-refractivity contribution in [3.63, 3.8) is 0 Å². The molecule has 0 saturated carbocycles. The Labute approximate surface area is 113 Å². The molecule has 0 atom stereocenters. The van der Waals surface area contributed by atoms with Gasteiger partial charge in [0.2, 0.25) is 0 Å². The second-order valence-electron chi connectivity index (χ2n) is 5.62. The molecule has 19 heavy (non-hydrogen) atoms. The summed E-state index contributed by atoms with van der Waals surface area (Å²) in [5.41, 5.74) is 12.7. The minimum Gasteiger partial charge on any atom is -0.330 e. The van der Waals surface area contributed by atoms with E-state index < -0.39 is 0 Å². The van der Waals surface area contributed by atoms with Crippen molar-refractivity contribution in [3.05, 3.63) is 40.8 Å². The van der Waals surface area contributed by atoms with Crippen LogP contribution in [0.25, 0.3) is 11.3 Å². The highest BCUT2D eigenvalue weighted by Gasteiger charge is 2.22. The molecule has 0 radical (unpaired) electrons. The van der Waals surface area contributed by atoms with E-state index in [1.165, 1.54) is 53.8 Å². The van der Waals surface area contributed by atoms with Crippen molar-refractivity contribution in [1.29, 1.82) is 0 Å². The van der Waals surface area contributed by atoms with Gasteiger partial charge in [-0.05, 0) is 49.3 Å². The van der Waals surface area contributed by atoms with Crippen LogP contribution in [0.2, 0.25) is 0 Å². The first-order valence-electron chi connectivity index (χ1n) is 7.27. The molecule has 1 aliphatic heterocycles. The van der Waals surface area contributed by atoms with E-state index in [4.69, 9.17) is 10.7 Å². The number of nitrogens with zero attached hydrogens (tertiary/aromatic N) is 2. The first kappa shape index (κ1) is 11.2. The smallest absolute Gasteiger partial charge is 0.123 e. The molecule has 0 saturated heterocycles. The van der Waals surface area contributed by atoms with Gasteiger partial charge < -0.3 is 10.3 Å². The molecule has 1 aromatic carbocycles. The van der Waals surface area contributed by atoms with Gasteiger partial charge in [0.05, 0.1) is 12.2 Å². The SMILES string of the molecule is NCc1nc(-c2ccc3c(c2)CCC3)c2n1CCC2. The van der Waals surface area contributed by atoms with Crippen molar-refractivity contribution in [1.82, 2.24) is 9.55 Å². The first-order valence-corrected chi connectivity index (χ1v) is 7.27. The second-order valence-corrected chi connectivity index (χ2v) is 5.62. The van der Waals surface area contributed by atoms with Gasteiger partial charge in [0.1, 0.15) is 5.82 Å². The van der Waals surface area contributed by atoms with Crippen LogP contribution in [0.5, 0.6) is 0 Å². The van der Waals surface area contributed by atoms with Gasteiger partial charge in [0, 0.05) is 17.8 Å². The minimum absolute atomic E-state index is 0.540. The molecular weight excluding hydrogens is 234 g/mol. The van der Waals surface area contributed by atoms with Crippen LogP contribution in [0.3, 0.4) is 0 Å². The second kappa shape index (κ2) is 4.20. The summed E-state index contributed by atoms with van der Waals surface area (Å²) in [7, 11) is 0. The maximum absolute atomic E-state index is 5.82. The lowest BCUT2D eigenvalue weighted by atomic mass is 10.0. The van der Waals surface area contributed by atoms with Gasteiger partial charge in [-0.3, -0.25) is 0 Å². The Balaban J connectivity index is 1.84. The summed E-state index contributed by atoms with van der Waals surface area (Å²) < 4.78 is 2.32. The van der Waals surface area contributed by atoms with Crippen LogP contribution in [0.4, 0.5) is 0 Å². The largest absolute Gasteiger partial charge is 0.330 e. The Morgan fingerprint density at radius 3 is 2.89 bits per heavy atom. The third kappa shape index (κ3) is 1.65. The Kier molecular flexibility index (Phi) is 2.49. The molecule has 0 bridgehead atoms. The molecule has 0 spiro atoms. The fourth-order valence-electron chi connectivity index (χ4n) is 3.57. The Morgan fingerprint density at radius 1 is 1.11 bits per heavy atom. The van der Waals surface area contributed by atoms with Crippen molar-refractivity contribution in [2.45, 2.75) is 45.2 Å². The van der Waals surface area contributed by atoms with Crippen LogP contribution >= 0.6 is 0 Å². The summed E-state index contributed by atoms with van der Waals surface area (Å²) in [6.07, 6.45) is 6.13. The predicted octanol–water partition coefficient (Wildman–Crippen LogP) is 2.44. The molecule has 0 fully saturated rings. The summed E-state index contributed by atoms with van der Waals surface area (Å²) in [6, 6.07) is 6.89.